The third-order valence-electron chi connectivity index (χ3n) is 3.70. The number of aromatic nitrogens is 1. The first kappa shape index (κ1) is 14.5. The average molecular weight is 281 g/mol. The molecule has 1 amide bonds. The largest absolute Gasteiger partial charge is 0.337 e. The zero-order valence-electron chi connectivity index (χ0n) is 12.2. The van der Waals surface area contributed by atoms with Crippen LogP contribution >= 0.6 is 11.3 Å². The first-order valence-electron chi connectivity index (χ1n) is 6.71. The van der Waals surface area contributed by atoms with E-state index in [1.54, 1.807) is 6.20 Å². The van der Waals surface area contributed by atoms with Crippen molar-refractivity contribution in [2.45, 2.75) is 39.5 Å². The van der Waals surface area contributed by atoms with Crippen molar-refractivity contribution in [3.8, 4) is 0 Å². The summed E-state index contributed by atoms with van der Waals surface area (Å²) in [7, 11) is 0. The summed E-state index contributed by atoms with van der Waals surface area (Å²) >= 11 is 1.51. The molecule has 4 nitrogen and oxygen atoms in total. The van der Waals surface area contributed by atoms with Crippen LogP contribution in [0.15, 0.2) is 6.20 Å². The van der Waals surface area contributed by atoms with Crippen molar-refractivity contribution in [3.05, 3.63) is 16.1 Å². The standard InChI is InChI=1S/C14H23N3OS/c1-13(2,3)12-16-7-10(19-12)11(18)17-6-5-14(4,8-15)9-17/h7H,5-6,8-9,15H2,1-4H3. The molecule has 19 heavy (non-hydrogen) atoms. The number of carbonyl (C=O) groups excluding carboxylic acids is 1. The molecule has 1 aliphatic heterocycles. The van der Waals surface area contributed by atoms with Crippen LogP contribution in [0.5, 0.6) is 0 Å². The van der Waals surface area contributed by atoms with Crippen molar-refractivity contribution in [1.82, 2.24) is 9.88 Å². The predicted octanol–water partition coefficient (Wildman–Crippen LogP) is 2.25. The maximum absolute atomic E-state index is 12.4. The van der Waals surface area contributed by atoms with E-state index in [4.69, 9.17) is 5.73 Å². The van der Waals surface area contributed by atoms with Gasteiger partial charge in [0.2, 0.25) is 0 Å². The Kier molecular flexibility index (Phi) is 3.71. The highest BCUT2D eigenvalue weighted by Crippen LogP contribution is 2.32. The molecule has 1 atom stereocenters. The lowest BCUT2D eigenvalue weighted by molar-refractivity contribution is 0.0781. The molecular weight excluding hydrogens is 258 g/mol. The Hall–Kier alpha value is -0.940. The van der Waals surface area contributed by atoms with Crippen LogP contribution in [-0.4, -0.2) is 35.4 Å². The molecule has 2 heterocycles. The summed E-state index contributed by atoms with van der Waals surface area (Å²) in [5, 5.41) is 1.01. The molecule has 0 radical (unpaired) electrons. The van der Waals surface area contributed by atoms with Gasteiger partial charge in [-0.1, -0.05) is 27.7 Å². The maximum atomic E-state index is 12.4. The van der Waals surface area contributed by atoms with E-state index in [1.807, 2.05) is 4.90 Å². The molecule has 0 aliphatic carbocycles. The molecule has 0 spiro atoms. The molecule has 1 fully saturated rings. The zero-order valence-corrected chi connectivity index (χ0v) is 13.0. The first-order chi connectivity index (χ1) is 8.75. The normalized spacial score (nSPS) is 23.9. The van der Waals surface area contributed by atoms with Gasteiger partial charge < -0.3 is 10.6 Å². The summed E-state index contributed by atoms with van der Waals surface area (Å²) in [6.07, 6.45) is 2.70. The van der Waals surface area contributed by atoms with Crippen LogP contribution in [0.4, 0.5) is 0 Å². The van der Waals surface area contributed by atoms with Gasteiger partial charge in [-0.15, -0.1) is 11.3 Å². The molecule has 5 heteroatoms. The number of thiazole rings is 1. The highest BCUT2D eigenvalue weighted by Gasteiger charge is 2.36. The average Bonchev–Trinajstić information content (AvgIpc) is 2.94. The molecule has 2 rings (SSSR count). The molecule has 1 unspecified atom stereocenters. The second kappa shape index (κ2) is 4.87. The second-order valence-corrected chi connectivity index (χ2v) is 7.80. The summed E-state index contributed by atoms with van der Waals surface area (Å²) in [6, 6.07) is 0. The van der Waals surface area contributed by atoms with Gasteiger partial charge in [0.1, 0.15) is 4.88 Å². The number of likely N-dealkylation sites (tertiary alicyclic amines) is 1. The van der Waals surface area contributed by atoms with Crippen molar-refractivity contribution in [2.24, 2.45) is 11.1 Å². The Balaban J connectivity index is 2.11. The van der Waals surface area contributed by atoms with Crippen molar-refractivity contribution >= 4 is 17.2 Å². The van der Waals surface area contributed by atoms with Gasteiger partial charge in [0.15, 0.2) is 0 Å². The van der Waals surface area contributed by atoms with Crippen molar-refractivity contribution in [2.75, 3.05) is 19.6 Å². The van der Waals surface area contributed by atoms with E-state index in [-0.39, 0.29) is 16.7 Å². The quantitative estimate of drug-likeness (QED) is 0.904. The molecule has 1 aromatic rings. The number of hydrogen-bond donors (Lipinski definition) is 1. The van der Waals surface area contributed by atoms with Crippen LogP contribution in [0, 0.1) is 5.41 Å². The van der Waals surface area contributed by atoms with Gasteiger partial charge in [-0.05, 0) is 18.4 Å². The highest BCUT2D eigenvalue weighted by molar-refractivity contribution is 7.13. The molecule has 106 valence electrons. The van der Waals surface area contributed by atoms with E-state index in [2.05, 4.69) is 32.7 Å². The monoisotopic (exact) mass is 281 g/mol. The van der Waals surface area contributed by atoms with Gasteiger partial charge in [-0.25, -0.2) is 4.98 Å². The van der Waals surface area contributed by atoms with Crippen LogP contribution in [-0.2, 0) is 5.41 Å². The number of hydrogen-bond acceptors (Lipinski definition) is 4. The van der Waals surface area contributed by atoms with E-state index >= 15 is 0 Å². The second-order valence-electron chi connectivity index (χ2n) is 6.77. The van der Waals surface area contributed by atoms with E-state index in [0.717, 1.165) is 29.4 Å². The molecule has 0 bridgehead atoms. The van der Waals surface area contributed by atoms with Crippen LogP contribution in [0.2, 0.25) is 0 Å². The number of rotatable bonds is 2. The number of nitrogens with zero attached hydrogens (tertiary/aromatic N) is 2. The van der Waals surface area contributed by atoms with Crippen LogP contribution < -0.4 is 5.73 Å². The molecule has 1 aliphatic rings. The van der Waals surface area contributed by atoms with E-state index in [1.165, 1.54) is 11.3 Å². The third-order valence-corrected chi connectivity index (χ3v) is 5.11. The molecule has 2 N–H and O–H groups in total. The summed E-state index contributed by atoms with van der Waals surface area (Å²) < 4.78 is 0. The smallest absolute Gasteiger partial charge is 0.265 e. The fourth-order valence-electron chi connectivity index (χ4n) is 2.24. The van der Waals surface area contributed by atoms with Crippen molar-refractivity contribution < 1.29 is 4.79 Å². The van der Waals surface area contributed by atoms with Crippen LogP contribution in [0.25, 0.3) is 0 Å². The molecular formula is C14H23N3OS. The molecule has 1 aromatic heterocycles. The number of carbonyl (C=O) groups is 1. The molecule has 0 saturated carbocycles. The Morgan fingerprint density at radius 3 is 2.74 bits per heavy atom. The van der Waals surface area contributed by atoms with E-state index in [0.29, 0.717) is 6.54 Å². The van der Waals surface area contributed by atoms with Gasteiger partial charge in [-0.3, -0.25) is 4.79 Å². The molecule has 1 saturated heterocycles. The van der Waals surface area contributed by atoms with Gasteiger partial charge in [-0.2, -0.15) is 0 Å². The predicted molar refractivity (Wildman–Crippen MR) is 78.5 cm³/mol. The van der Waals surface area contributed by atoms with Crippen LogP contribution in [0.3, 0.4) is 0 Å². The summed E-state index contributed by atoms with van der Waals surface area (Å²) in [5.41, 5.74) is 5.86. The minimum absolute atomic E-state index is 0.0000208. The Morgan fingerprint density at radius 2 is 2.26 bits per heavy atom. The Bertz CT molecular complexity index is 477. The minimum Gasteiger partial charge on any atom is -0.337 e. The number of nitrogens with two attached hydrogens (primary N) is 1. The number of amides is 1. The summed E-state index contributed by atoms with van der Waals surface area (Å²) in [6.45, 7) is 10.7. The Morgan fingerprint density at radius 1 is 1.58 bits per heavy atom. The Labute approximate surface area is 119 Å². The van der Waals surface area contributed by atoms with Gasteiger partial charge in [0.25, 0.3) is 5.91 Å². The first-order valence-corrected chi connectivity index (χ1v) is 7.52. The SMILES string of the molecule is CC1(CN)CCN(C(=O)c2cnc(C(C)(C)C)s2)C1. The lowest BCUT2D eigenvalue weighted by atomic mass is 9.90. The minimum atomic E-state index is -0.0000208. The van der Waals surface area contributed by atoms with Crippen molar-refractivity contribution in [3.63, 3.8) is 0 Å². The van der Waals surface area contributed by atoms with Crippen LogP contribution in [0.1, 0.15) is 48.8 Å². The lowest BCUT2D eigenvalue weighted by Crippen LogP contribution is -2.34. The fraction of sp³-hybridized carbons (Fsp3) is 0.714. The zero-order chi connectivity index (χ0) is 14.3. The van der Waals surface area contributed by atoms with E-state index in [9.17, 15) is 4.79 Å². The summed E-state index contributed by atoms with van der Waals surface area (Å²) in [5.74, 6) is 0.102. The fourth-order valence-corrected chi connectivity index (χ4v) is 3.18. The topological polar surface area (TPSA) is 59.2 Å². The third kappa shape index (κ3) is 2.98. The highest BCUT2D eigenvalue weighted by atomic mass is 32.1. The van der Waals surface area contributed by atoms with Gasteiger partial charge >= 0.3 is 0 Å². The lowest BCUT2D eigenvalue weighted by Gasteiger charge is -2.22. The summed E-state index contributed by atoms with van der Waals surface area (Å²) in [4.78, 5) is 19.5. The van der Waals surface area contributed by atoms with Crippen molar-refractivity contribution in [1.29, 1.82) is 0 Å². The van der Waals surface area contributed by atoms with Gasteiger partial charge in [0, 0.05) is 18.5 Å². The van der Waals surface area contributed by atoms with Gasteiger partial charge in [0.05, 0.1) is 11.2 Å². The maximum Gasteiger partial charge on any atom is 0.265 e. The molecule has 0 aromatic carbocycles. The van der Waals surface area contributed by atoms with E-state index < -0.39 is 0 Å².